The number of alkyl halides is 3. The molecule has 0 unspecified atom stereocenters. The first-order valence-electron chi connectivity index (χ1n) is 5.38. The predicted octanol–water partition coefficient (Wildman–Crippen LogP) is 2.92. The fourth-order valence-electron chi connectivity index (χ4n) is 1.31. The lowest BCUT2D eigenvalue weighted by Gasteiger charge is -2.07. The lowest BCUT2D eigenvalue weighted by molar-refractivity contribution is -0.135. The molecule has 1 aromatic rings. The van der Waals surface area contributed by atoms with E-state index in [4.69, 9.17) is 5.11 Å². The first-order valence-corrected chi connectivity index (χ1v) is 5.38. The van der Waals surface area contributed by atoms with E-state index in [0.717, 1.165) is 0 Å². The summed E-state index contributed by atoms with van der Waals surface area (Å²) in [5.41, 5.74) is 0.518. The van der Waals surface area contributed by atoms with Crippen LogP contribution in [0.15, 0.2) is 18.3 Å². The molecule has 0 amide bonds. The van der Waals surface area contributed by atoms with Crippen molar-refractivity contribution >= 4 is 11.7 Å². The fraction of sp³-hybridized carbons (Fsp3) is 0.455. The van der Waals surface area contributed by atoms with Gasteiger partial charge in [0.2, 0.25) is 0 Å². The molecule has 100 valence electrons. The van der Waals surface area contributed by atoms with Crippen molar-refractivity contribution in [2.24, 2.45) is 0 Å². The number of carboxylic acids is 1. The molecule has 0 aliphatic carbocycles. The molecule has 1 heterocycles. The average Bonchev–Trinajstić information content (AvgIpc) is 2.27. The summed E-state index contributed by atoms with van der Waals surface area (Å²) in [6.45, 7) is 0.393. The van der Waals surface area contributed by atoms with Crippen LogP contribution in [0.2, 0.25) is 0 Å². The number of hydrogen-bond donors (Lipinski definition) is 2. The fourth-order valence-corrected chi connectivity index (χ4v) is 1.31. The number of anilines is 1. The zero-order chi connectivity index (χ0) is 13.6. The summed E-state index contributed by atoms with van der Waals surface area (Å²) in [4.78, 5) is 14.2. The number of carbonyl (C=O) groups is 1. The van der Waals surface area contributed by atoms with E-state index in [1.165, 1.54) is 18.3 Å². The third kappa shape index (κ3) is 5.51. The quantitative estimate of drug-likeness (QED) is 0.774. The number of nitrogens with zero attached hydrogens (tertiary/aromatic N) is 1. The van der Waals surface area contributed by atoms with Gasteiger partial charge in [0.1, 0.15) is 5.69 Å². The Hall–Kier alpha value is -1.79. The second kappa shape index (κ2) is 6.23. The molecule has 0 spiro atoms. The van der Waals surface area contributed by atoms with Crippen LogP contribution >= 0.6 is 0 Å². The van der Waals surface area contributed by atoms with Gasteiger partial charge in [-0.3, -0.25) is 0 Å². The normalized spacial score (nSPS) is 11.3. The minimum Gasteiger partial charge on any atom is -0.477 e. The van der Waals surface area contributed by atoms with E-state index in [1.807, 2.05) is 0 Å². The van der Waals surface area contributed by atoms with Crippen molar-refractivity contribution in [3.63, 3.8) is 0 Å². The van der Waals surface area contributed by atoms with E-state index in [1.54, 1.807) is 0 Å². The number of hydrogen-bond acceptors (Lipinski definition) is 3. The summed E-state index contributed by atoms with van der Waals surface area (Å²) in [6, 6.07) is 2.86. The highest BCUT2D eigenvalue weighted by Crippen LogP contribution is 2.22. The third-order valence-corrected chi connectivity index (χ3v) is 2.20. The summed E-state index contributed by atoms with van der Waals surface area (Å²) < 4.78 is 35.5. The van der Waals surface area contributed by atoms with Gasteiger partial charge in [0, 0.05) is 13.0 Å². The van der Waals surface area contributed by atoms with E-state index in [2.05, 4.69) is 10.3 Å². The molecule has 1 rings (SSSR count). The van der Waals surface area contributed by atoms with Crippen molar-refractivity contribution in [3.8, 4) is 0 Å². The molecule has 0 aliphatic rings. The second-order valence-electron chi connectivity index (χ2n) is 3.74. The number of aromatic nitrogens is 1. The topological polar surface area (TPSA) is 62.2 Å². The lowest BCUT2D eigenvalue weighted by Crippen LogP contribution is -2.09. The molecule has 0 saturated heterocycles. The third-order valence-electron chi connectivity index (χ3n) is 2.20. The van der Waals surface area contributed by atoms with Crippen LogP contribution in [0.3, 0.4) is 0 Å². The Kier molecular flexibility index (Phi) is 4.94. The SMILES string of the molecule is O=C(O)c1ccc(NCCCCC(F)(F)F)cn1. The Bertz CT molecular complexity index is 390. The number of halogens is 3. The molecule has 0 fully saturated rings. The van der Waals surface area contributed by atoms with Gasteiger partial charge in [-0.2, -0.15) is 13.2 Å². The van der Waals surface area contributed by atoms with E-state index >= 15 is 0 Å². The van der Waals surface area contributed by atoms with Crippen LogP contribution in [0.25, 0.3) is 0 Å². The Morgan fingerprint density at radius 3 is 2.56 bits per heavy atom. The van der Waals surface area contributed by atoms with E-state index in [0.29, 0.717) is 18.7 Å². The maximum Gasteiger partial charge on any atom is 0.389 e. The van der Waals surface area contributed by atoms with Crippen LogP contribution in [-0.4, -0.2) is 28.8 Å². The zero-order valence-electron chi connectivity index (χ0n) is 9.50. The number of carboxylic acid groups (broad SMARTS) is 1. The molecule has 1 aromatic heterocycles. The van der Waals surface area contributed by atoms with E-state index < -0.39 is 18.6 Å². The van der Waals surface area contributed by atoms with Crippen molar-refractivity contribution in [1.29, 1.82) is 0 Å². The Morgan fingerprint density at radius 1 is 1.33 bits per heavy atom. The smallest absolute Gasteiger partial charge is 0.389 e. The van der Waals surface area contributed by atoms with Crippen LogP contribution in [0, 0.1) is 0 Å². The van der Waals surface area contributed by atoms with Crippen molar-refractivity contribution in [2.75, 3.05) is 11.9 Å². The summed E-state index contributed by atoms with van der Waals surface area (Å²) in [7, 11) is 0. The van der Waals surface area contributed by atoms with Gasteiger partial charge >= 0.3 is 12.1 Å². The highest BCUT2D eigenvalue weighted by atomic mass is 19.4. The van der Waals surface area contributed by atoms with Crippen molar-refractivity contribution in [2.45, 2.75) is 25.4 Å². The number of rotatable bonds is 6. The minimum atomic E-state index is -4.11. The molecule has 0 radical (unpaired) electrons. The molecular weight excluding hydrogens is 249 g/mol. The Labute approximate surface area is 102 Å². The molecule has 0 saturated carbocycles. The van der Waals surface area contributed by atoms with Crippen molar-refractivity contribution < 1.29 is 23.1 Å². The van der Waals surface area contributed by atoms with E-state index in [9.17, 15) is 18.0 Å². The molecule has 4 nitrogen and oxygen atoms in total. The molecule has 0 aliphatic heterocycles. The van der Waals surface area contributed by atoms with Crippen molar-refractivity contribution in [3.05, 3.63) is 24.0 Å². The lowest BCUT2D eigenvalue weighted by atomic mass is 10.2. The highest BCUT2D eigenvalue weighted by Gasteiger charge is 2.25. The first-order chi connectivity index (χ1) is 8.38. The summed E-state index contributed by atoms with van der Waals surface area (Å²) in [5.74, 6) is -1.12. The van der Waals surface area contributed by atoms with Crippen molar-refractivity contribution in [1.82, 2.24) is 4.98 Å². The van der Waals surface area contributed by atoms with Gasteiger partial charge in [-0.05, 0) is 25.0 Å². The summed E-state index contributed by atoms with van der Waals surface area (Å²) >= 11 is 0. The zero-order valence-corrected chi connectivity index (χ0v) is 9.50. The van der Waals surface area contributed by atoms with Gasteiger partial charge in [-0.25, -0.2) is 9.78 Å². The number of pyridine rings is 1. The van der Waals surface area contributed by atoms with Gasteiger partial charge in [0.25, 0.3) is 0 Å². The average molecular weight is 262 g/mol. The number of unbranched alkanes of at least 4 members (excludes halogenated alkanes) is 1. The van der Waals surface area contributed by atoms with Gasteiger partial charge < -0.3 is 10.4 Å². The van der Waals surface area contributed by atoms with Crippen LogP contribution in [0.1, 0.15) is 29.8 Å². The minimum absolute atomic E-state index is 0.0666. The molecule has 7 heteroatoms. The van der Waals surface area contributed by atoms with Crippen LogP contribution in [0.5, 0.6) is 0 Å². The second-order valence-corrected chi connectivity index (χ2v) is 3.74. The highest BCUT2D eigenvalue weighted by molar-refractivity contribution is 5.85. The van der Waals surface area contributed by atoms with Gasteiger partial charge in [0.05, 0.1) is 11.9 Å². The molecule has 0 atom stereocenters. The molecule has 0 bridgehead atoms. The summed E-state index contributed by atoms with van der Waals surface area (Å²) in [5, 5.41) is 11.5. The first kappa shape index (κ1) is 14.3. The number of nitrogens with one attached hydrogen (secondary N) is 1. The van der Waals surface area contributed by atoms with Gasteiger partial charge in [-0.15, -0.1) is 0 Å². The molecular formula is C11H13F3N2O2. The van der Waals surface area contributed by atoms with Crippen LogP contribution in [0.4, 0.5) is 18.9 Å². The Balaban J connectivity index is 2.25. The number of aromatic carboxylic acids is 1. The summed E-state index contributed by atoms with van der Waals surface area (Å²) in [6.07, 6.45) is -3.10. The largest absolute Gasteiger partial charge is 0.477 e. The van der Waals surface area contributed by atoms with Gasteiger partial charge in [0.15, 0.2) is 0 Å². The molecule has 0 aromatic carbocycles. The van der Waals surface area contributed by atoms with Gasteiger partial charge in [-0.1, -0.05) is 0 Å². The Morgan fingerprint density at radius 2 is 2.06 bits per heavy atom. The standard InChI is InChI=1S/C11H13F3N2O2/c12-11(13,14)5-1-2-6-15-8-3-4-9(10(17)18)16-7-8/h3-4,7,15H,1-2,5-6H2,(H,17,18). The van der Waals surface area contributed by atoms with Crippen LogP contribution in [-0.2, 0) is 0 Å². The van der Waals surface area contributed by atoms with E-state index in [-0.39, 0.29) is 12.1 Å². The molecule has 2 N–H and O–H groups in total. The molecule has 18 heavy (non-hydrogen) atoms. The maximum absolute atomic E-state index is 11.8. The van der Waals surface area contributed by atoms with Crippen LogP contribution < -0.4 is 5.32 Å². The monoisotopic (exact) mass is 262 g/mol. The predicted molar refractivity (Wildman–Crippen MR) is 59.6 cm³/mol. The maximum atomic E-state index is 11.8.